The third-order valence-electron chi connectivity index (χ3n) is 8.01. The van der Waals surface area contributed by atoms with Gasteiger partial charge < -0.3 is 10.2 Å². The normalized spacial score (nSPS) is 15.5. The highest BCUT2D eigenvalue weighted by Crippen LogP contribution is 2.27. The van der Waals surface area contributed by atoms with Crippen molar-refractivity contribution in [1.29, 1.82) is 0 Å². The Labute approximate surface area is 230 Å². The van der Waals surface area contributed by atoms with Crippen LogP contribution < -0.4 is 10.9 Å². The Morgan fingerprint density at radius 2 is 1.49 bits per heavy atom. The molecule has 0 radical (unpaired) electrons. The first kappa shape index (κ1) is 26.9. The van der Waals surface area contributed by atoms with Gasteiger partial charge in [-0.2, -0.15) is 0 Å². The quantitative estimate of drug-likeness (QED) is 0.337. The van der Waals surface area contributed by atoms with E-state index in [0.717, 1.165) is 49.3 Å². The molecule has 3 aromatic carbocycles. The lowest BCUT2D eigenvalue weighted by atomic mass is 9.98. The number of nitrogens with one attached hydrogen (secondary N) is 1. The minimum Gasteiger partial charge on any atom is -0.345 e. The second-order valence-electron chi connectivity index (χ2n) is 10.7. The van der Waals surface area contributed by atoms with Gasteiger partial charge >= 0.3 is 0 Å². The number of hydrogen-bond donors (Lipinski definition) is 1. The number of aromatic nitrogens is 1. The third kappa shape index (κ3) is 5.68. The zero-order chi connectivity index (χ0) is 27.4. The monoisotopic (exact) mass is 522 g/mol. The Kier molecular flexibility index (Phi) is 8.24. The van der Waals surface area contributed by atoms with Gasteiger partial charge in [-0.1, -0.05) is 73.7 Å². The highest BCUT2D eigenvalue weighted by Gasteiger charge is 2.28. The maximum absolute atomic E-state index is 14.2. The predicted molar refractivity (Wildman–Crippen MR) is 158 cm³/mol. The number of para-hydroxylation sites is 1. The molecule has 6 nitrogen and oxygen atoms in total. The van der Waals surface area contributed by atoms with E-state index in [0.29, 0.717) is 28.9 Å². The van der Waals surface area contributed by atoms with Crippen molar-refractivity contribution in [2.75, 3.05) is 27.2 Å². The summed E-state index contributed by atoms with van der Waals surface area (Å²) in [5.74, 6) is -0.148. The molecule has 1 aromatic heterocycles. The van der Waals surface area contributed by atoms with Crippen LogP contribution in [-0.2, 0) is 6.54 Å². The van der Waals surface area contributed by atoms with E-state index in [4.69, 9.17) is 0 Å². The molecule has 4 aromatic rings. The van der Waals surface area contributed by atoms with Gasteiger partial charge in [0, 0.05) is 42.1 Å². The van der Waals surface area contributed by atoms with Crippen LogP contribution in [-0.4, -0.2) is 53.5 Å². The molecule has 1 aliphatic heterocycles. The Bertz CT molecular complexity index is 1470. The molecule has 1 atom stereocenters. The fourth-order valence-electron chi connectivity index (χ4n) is 5.79. The minimum absolute atomic E-state index is 0.0957. The predicted octanol–water partition coefficient (Wildman–Crippen LogP) is 5.40. The van der Waals surface area contributed by atoms with Crippen molar-refractivity contribution in [3.63, 3.8) is 0 Å². The fraction of sp³-hybridized carbons (Fsp3) is 0.333. The Balaban J connectivity index is 1.65. The van der Waals surface area contributed by atoms with Gasteiger partial charge in [0.05, 0.1) is 17.3 Å². The smallest absolute Gasteiger partial charge is 0.263 e. The second-order valence-corrected chi connectivity index (χ2v) is 10.7. The van der Waals surface area contributed by atoms with Gasteiger partial charge in [-0.15, -0.1) is 0 Å². The van der Waals surface area contributed by atoms with Gasteiger partial charge in [-0.3, -0.25) is 19.1 Å². The highest BCUT2D eigenvalue weighted by atomic mass is 16.2. The van der Waals surface area contributed by atoms with Crippen LogP contribution >= 0.6 is 0 Å². The van der Waals surface area contributed by atoms with Crippen molar-refractivity contribution < 1.29 is 4.79 Å². The summed E-state index contributed by atoms with van der Waals surface area (Å²) >= 11 is 0. The number of likely N-dealkylation sites (tertiary alicyclic amines) is 1. The lowest BCUT2D eigenvalue weighted by Gasteiger charge is -2.36. The van der Waals surface area contributed by atoms with Crippen LogP contribution in [0.25, 0.3) is 16.5 Å². The summed E-state index contributed by atoms with van der Waals surface area (Å²) in [7, 11) is 4.27. The number of hydrogen-bond acceptors (Lipinski definition) is 4. The van der Waals surface area contributed by atoms with E-state index in [2.05, 4.69) is 36.1 Å². The van der Waals surface area contributed by atoms with E-state index in [1.54, 1.807) is 4.57 Å². The van der Waals surface area contributed by atoms with Crippen molar-refractivity contribution in [3.8, 4) is 5.69 Å². The topological polar surface area (TPSA) is 57.6 Å². The Morgan fingerprint density at radius 3 is 2.10 bits per heavy atom. The number of fused-ring (bicyclic) bond motifs is 1. The molecule has 39 heavy (non-hydrogen) atoms. The van der Waals surface area contributed by atoms with Crippen LogP contribution in [0.15, 0.2) is 89.7 Å². The first-order valence-corrected chi connectivity index (χ1v) is 13.9. The SMILES string of the molecule is CC[C@H](NC(=O)c1c(CN2CCC(N(C)C)CC2)n(-c2ccccc2)c(=O)c2ccccc12)c1ccccc1. The molecule has 1 saturated heterocycles. The third-order valence-corrected chi connectivity index (χ3v) is 8.01. The van der Waals surface area contributed by atoms with Crippen LogP contribution in [0.2, 0.25) is 0 Å². The zero-order valence-electron chi connectivity index (χ0n) is 23.1. The Morgan fingerprint density at radius 1 is 0.897 bits per heavy atom. The summed E-state index contributed by atoms with van der Waals surface area (Å²) in [6.07, 6.45) is 2.88. The summed E-state index contributed by atoms with van der Waals surface area (Å²) in [6, 6.07) is 27.7. The number of pyridine rings is 1. The maximum Gasteiger partial charge on any atom is 0.263 e. The molecule has 6 heteroatoms. The standard InChI is InChI=1S/C33H38N4O2/c1-4-29(24-13-7-5-8-14-24)34-32(38)31-27-17-11-12-18-28(27)33(39)37(26-15-9-6-10-16-26)30(31)23-36-21-19-25(20-22-36)35(2)3/h5-18,25,29H,4,19-23H2,1-3H3,(H,34,38)/t29-/m0/s1. The number of carbonyl (C=O) groups is 1. The largest absolute Gasteiger partial charge is 0.345 e. The van der Waals surface area contributed by atoms with Crippen molar-refractivity contribution in [2.45, 2.75) is 44.8 Å². The molecule has 0 bridgehead atoms. The molecule has 5 rings (SSSR count). The summed E-state index contributed by atoms with van der Waals surface area (Å²) in [4.78, 5) is 32.9. The van der Waals surface area contributed by atoms with Crippen LogP contribution in [0.4, 0.5) is 0 Å². The summed E-state index contributed by atoms with van der Waals surface area (Å²) in [5.41, 5.74) is 3.07. The van der Waals surface area contributed by atoms with Gasteiger partial charge in [0.15, 0.2) is 0 Å². The van der Waals surface area contributed by atoms with Gasteiger partial charge in [0.25, 0.3) is 11.5 Å². The van der Waals surface area contributed by atoms with Gasteiger partial charge in [-0.25, -0.2) is 0 Å². The van der Waals surface area contributed by atoms with Gasteiger partial charge in [-0.05, 0) is 57.1 Å². The average molecular weight is 523 g/mol. The lowest BCUT2D eigenvalue weighted by Crippen LogP contribution is -2.43. The molecule has 1 aliphatic rings. The van der Waals surface area contributed by atoms with Crippen molar-refractivity contribution in [3.05, 3.63) is 112 Å². The van der Waals surface area contributed by atoms with E-state index in [1.165, 1.54) is 0 Å². The fourth-order valence-corrected chi connectivity index (χ4v) is 5.79. The molecule has 0 aliphatic carbocycles. The molecular formula is C33H38N4O2. The average Bonchev–Trinajstić information content (AvgIpc) is 2.97. The van der Waals surface area contributed by atoms with Crippen molar-refractivity contribution >= 4 is 16.7 Å². The lowest BCUT2D eigenvalue weighted by molar-refractivity contribution is 0.0932. The van der Waals surface area contributed by atoms with E-state index in [-0.39, 0.29) is 17.5 Å². The van der Waals surface area contributed by atoms with E-state index in [1.807, 2.05) is 84.9 Å². The number of piperidine rings is 1. The van der Waals surface area contributed by atoms with Crippen LogP contribution in [0.3, 0.4) is 0 Å². The van der Waals surface area contributed by atoms with E-state index in [9.17, 15) is 9.59 Å². The zero-order valence-corrected chi connectivity index (χ0v) is 23.1. The first-order chi connectivity index (χ1) is 19.0. The molecule has 2 heterocycles. The summed E-state index contributed by atoms with van der Waals surface area (Å²) in [5, 5.41) is 4.56. The summed E-state index contributed by atoms with van der Waals surface area (Å²) < 4.78 is 1.76. The number of rotatable bonds is 8. The van der Waals surface area contributed by atoms with Crippen molar-refractivity contribution in [1.82, 2.24) is 19.7 Å². The van der Waals surface area contributed by atoms with Crippen LogP contribution in [0.5, 0.6) is 0 Å². The minimum atomic E-state index is -0.148. The first-order valence-electron chi connectivity index (χ1n) is 13.9. The number of benzene rings is 3. The van der Waals surface area contributed by atoms with E-state index >= 15 is 0 Å². The Hall–Kier alpha value is -3.74. The second kappa shape index (κ2) is 12.0. The molecule has 0 unspecified atom stereocenters. The molecule has 1 N–H and O–H groups in total. The van der Waals surface area contributed by atoms with Crippen molar-refractivity contribution in [2.24, 2.45) is 0 Å². The highest BCUT2D eigenvalue weighted by molar-refractivity contribution is 6.08. The van der Waals surface area contributed by atoms with Gasteiger partial charge in [0.1, 0.15) is 0 Å². The van der Waals surface area contributed by atoms with Gasteiger partial charge in [0.2, 0.25) is 0 Å². The number of amides is 1. The molecule has 202 valence electrons. The maximum atomic E-state index is 14.2. The molecule has 0 saturated carbocycles. The molecule has 0 spiro atoms. The summed E-state index contributed by atoms with van der Waals surface area (Å²) in [6.45, 7) is 4.44. The molecular weight excluding hydrogens is 484 g/mol. The molecule has 1 amide bonds. The molecule has 1 fully saturated rings. The van der Waals surface area contributed by atoms with Crippen LogP contribution in [0, 0.1) is 0 Å². The van der Waals surface area contributed by atoms with E-state index < -0.39 is 0 Å². The van der Waals surface area contributed by atoms with Crippen LogP contribution in [0.1, 0.15) is 53.8 Å². The number of nitrogens with zero attached hydrogens (tertiary/aromatic N) is 3. The number of carbonyl (C=O) groups excluding carboxylic acids is 1.